The van der Waals surface area contributed by atoms with Gasteiger partial charge in [-0.05, 0) is 50.3 Å². The number of Topliss-reactive ketones (excluding diaryl/α,β-unsaturated/α-hetero) is 1. The van der Waals surface area contributed by atoms with E-state index >= 15 is 0 Å². The van der Waals surface area contributed by atoms with Crippen LogP contribution in [0.3, 0.4) is 0 Å². The number of amides is 2. The van der Waals surface area contributed by atoms with Crippen molar-refractivity contribution >= 4 is 17.6 Å². The zero-order chi connectivity index (χ0) is 31.1. The van der Waals surface area contributed by atoms with E-state index in [0.29, 0.717) is 19.4 Å². The first-order valence-electron chi connectivity index (χ1n) is 14.4. The van der Waals surface area contributed by atoms with Gasteiger partial charge in [0, 0.05) is 51.3 Å². The van der Waals surface area contributed by atoms with E-state index in [1.807, 2.05) is 44.2 Å². The minimum Gasteiger partial charge on any atom is -0.483 e. The molecule has 5 rings (SSSR count). The molecule has 1 fully saturated rings. The smallest absolute Gasteiger partial charge is 0.274 e. The van der Waals surface area contributed by atoms with Gasteiger partial charge in [-0.25, -0.2) is 8.78 Å². The molecule has 1 saturated carbocycles. The number of benzene rings is 2. The maximum atomic E-state index is 14.3. The van der Waals surface area contributed by atoms with Crippen LogP contribution in [0.1, 0.15) is 72.0 Å². The van der Waals surface area contributed by atoms with E-state index in [1.54, 1.807) is 21.4 Å². The third kappa shape index (κ3) is 5.70. The summed E-state index contributed by atoms with van der Waals surface area (Å²) in [5.41, 5.74) is -0.541. The average molecular weight is 592 g/mol. The molecule has 3 aromatic rings. The van der Waals surface area contributed by atoms with Gasteiger partial charge in [-0.2, -0.15) is 0 Å². The number of aryl methyl sites for hydroxylation is 1. The second kappa shape index (κ2) is 11.7. The van der Waals surface area contributed by atoms with Crippen molar-refractivity contribution in [1.82, 2.24) is 14.4 Å². The zero-order valence-corrected chi connectivity index (χ0v) is 24.7. The Hall–Kier alpha value is -4.34. The molecule has 1 aromatic heterocycles. The molecule has 1 aliphatic carbocycles. The number of hydrogen-bond acceptors (Lipinski definition) is 5. The van der Waals surface area contributed by atoms with E-state index in [1.165, 1.54) is 19.2 Å². The van der Waals surface area contributed by atoms with Crippen LogP contribution in [-0.4, -0.2) is 57.6 Å². The highest BCUT2D eigenvalue weighted by Crippen LogP contribution is 2.47. The number of pyridine rings is 1. The van der Waals surface area contributed by atoms with Crippen molar-refractivity contribution in [2.75, 3.05) is 13.6 Å². The summed E-state index contributed by atoms with van der Waals surface area (Å²) in [5.74, 6) is -2.70. The number of aromatic nitrogens is 1. The molecule has 2 aromatic carbocycles. The van der Waals surface area contributed by atoms with Crippen LogP contribution in [0.2, 0.25) is 0 Å². The molecule has 2 heterocycles. The average Bonchev–Trinajstić information content (AvgIpc) is 2.95. The lowest BCUT2D eigenvalue weighted by molar-refractivity contribution is -0.134. The van der Waals surface area contributed by atoms with Gasteiger partial charge in [-0.1, -0.05) is 36.4 Å². The van der Waals surface area contributed by atoms with Crippen LogP contribution in [0.25, 0.3) is 0 Å². The summed E-state index contributed by atoms with van der Waals surface area (Å²) in [6, 6.07) is 12.1. The van der Waals surface area contributed by atoms with Crippen molar-refractivity contribution in [3.8, 4) is 5.75 Å². The third-order valence-corrected chi connectivity index (χ3v) is 8.67. The molecule has 8 nitrogen and oxygen atoms in total. The van der Waals surface area contributed by atoms with Crippen molar-refractivity contribution in [2.45, 2.75) is 70.7 Å². The summed E-state index contributed by atoms with van der Waals surface area (Å²) in [5, 5.41) is 0. The number of rotatable bonds is 9. The molecule has 1 aliphatic heterocycles. The van der Waals surface area contributed by atoms with E-state index < -0.39 is 28.4 Å². The molecule has 0 atom stereocenters. The molecule has 1 spiro atoms. The minimum absolute atomic E-state index is 0.000821. The van der Waals surface area contributed by atoms with Gasteiger partial charge in [-0.3, -0.25) is 19.2 Å². The van der Waals surface area contributed by atoms with Crippen LogP contribution in [-0.2, 0) is 23.4 Å². The Bertz CT molecular complexity index is 1630. The van der Waals surface area contributed by atoms with Crippen LogP contribution >= 0.6 is 0 Å². The highest BCUT2D eigenvalue weighted by atomic mass is 19.1. The van der Waals surface area contributed by atoms with E-state index in [2.05, 4.69) is 0 Å². The van der Waals surface area contributed by atoms with E-state index in [9.17, 15) is 28.0 Å². The van der Waals surface area contributed by atoms with Gasteiger partial charge in [0.05, 0.1) is 11.1 Å². The number of ether oxygens (including phenoxy) is 1. The second-order valence-electron chi connectivity index (χ2n) is 11.8. The van der Waals surface area contributed by atoms with Crippen LogP contribution < -0.4 is 10.2 Å². The number of carbonyl (C=O) groups excluding carboxylic acids is 3. The number of ketones is 1. The van der Waals surface area contributed by atoms with Gasteiger partial charge < -0.3 is 19.1 Å². The number of hydrogen-bond donors (Lipinski definition) is 0. The lowest BCUT2D eigenvalue weighted by Gasteiger charge is -2.57. The largest absolute Gasteiger partial charge is 0.483 e. The lowest BCUT2D eigenvalue weighted by Crippen LogP contribution is -2.65. The Balaban J connectivity index is 1.59. The topological polar surface area (TPSA) is 88.9 Å². The summed E-state index contributed by atoms with van der Waals surface area (Å²) in [4.78, 5) is 56.9. The highest BCUT2D eigenvalue weighted by molar-refractivity contribution is 6.00. The van der Waals surface area contributed by atoms with Gasteiger partial charge in [0.15, 0.2) is 17.2 Å². The second-order valence-corrected chi connectivity index (χ2v) is 11.8. The van der Waals surface area contributed by atoms with Crippen molar-refractivity contribution in [3.63, 3.8) is 0 Å². The predicted octanol–water partition coefficient (Wildman–Crippen LogP) is 4.72. The Kier molecular flexibility index (Phi) is 8.23. The van der Waals surface area contributed by atoms with Crippen LogP contribution in [0, 0.1) is 11.6 Å². The van der Waals surface area contributed by atoms with Gasteiger partial charge in [0.25, 0.3) is 5.91 Å². The van der Waals surface area contributed by atoms with Gasteiger partial charge in [-0.15, -0.1) is 0 Å². The summed E-state index contributed by atoms with van der Waals surface area (Å²) >= 11 is 0. The van der Waals surface area contributed by atoms with Gasteiger partial charge in [0.2, 0.25) is 11.3 Å². The maximum absolute atomic E-state index is 14.3. The maximum Gasteiger partial charge on any atom is 0.274 e. The minimum atomic E-state index is -0.768. The molecule has 226 valence electrons. The van der Waals surface area contributed by atoms with E-state index in [0.717, 1.165) is 17.7 Å². The molecule has 0 unspecified atom stereocenters. The summed E-state index contributed by atoms with van der Waals surface area (Å²) in [6.45, 7) is 5.63. The quantitative estimate of drug-likeness (QED) is 0.336. The molecular formula is C33H35F2N3O5. The monoisotopic (exact) mass is 591 g/mol. The van der Waals surface area contributed by atoms with Crippen molar-refractivity contribution in [2.24, 2.45) is 0 Å². The molecule has 0 radical (unpaired) electrons. The zero-order valence-electron chi connectivity index (χ0n) is 24.7. The molecule has 0 saturated heterocycles. The number of nitrogens with zero attached hydrogens (tertiary/aromatic N) is 3. The Labute approximate surface area is 248 Å². The first-order chi connectivity index (χ1) is 20.4. The number of fused-ring (bicyclic) bond motifs is 2. The Morgan fingerprint density at radius 1 is 1.09 bits per heavy atom. The Morgan fingerprint density at radius 3 is 2.42 bits per heavy atom. The number of halogens is 2. The molecule has 0 bridgehead atoms. The molecule has 10 heteroatoms. The van der Waals surface area contributed by atoms with Gasteiger partial charge in [0.1, 0.15) is 18.2 Å². The van der Waals surface area contributed by atoms with E-state index in [-0.39, 0.29) is 65.9 Å². The van der Waals surface area contributed by atoms with Crippen molar-refractivity contribution in [3.05, 3.63) is 99.0 Å². The normalized spacial score (nSPS) is 19.3. The van der Waals surface area contributed by atoms with Crippen LogP contribution in [0.5, 0.6) is 5.75 Å². The SMILES string of the molecule is CC(=O)N(C)C1CC2(C1)CN(C(C)C)C(=O)c1c(OCc3ccccc3)c(=O)c(C(=O)CCc3ccc(F)cc3F)cn12. The molecule has 0 N–H and O–H groups in total. The first kappa shape index (κ1) is 30.1. The molecular weight excluding hydrogens is 556 g/mol. The molecule has 43 heavy (non-hydrogen) atoms. The predicted molar refractivity (Wildman–Crippen MR) is 156 cm³/mol. The summed E-state index contributed by atoms with van der Waals surface area (Å²) in [7, 11) is 1.73. The standard InChI is InChI=1S/C33H35F2N3O5/c1-20(2)37-19-33(15-25(16-33)36(4)21(3)39)38-17-26(28(40)13-11-23-10-12-24(34)14-27(23)35)30(41)31(29(38)32(37)42)43-18-22-8-6-5-7-9-22/h5-10,12,14,17,20,25H,11,13,15-16,18-19H2,1-4H3. The van der Waals surface area contributed by atoms with Crippen molar-refractivity contribution < 1.29 is 27.9 Å². The fraction of sp³-hybridized carbons (Fsp3) is 0.394. The molecule has 2 amide bonds. The summed E-state index contributed by atoms with van der Waals surface area (Å²) in [6.07, 6.45) is 2.23. The fourth-order valence-corrected chi connectivity index (χ4v) is 6.03. The third-order valence-electron chi connectivity index (χ3n) is 8.67. The first-order valence-corrected chi connectivity index (χ1v) is 14.4. The number of carbonyl (C=O) groups is 3. The van der Waals surface area contributed by atoms with Crippen LogP contribution in [0.15, 0.2) is 59.5 Å². The molecule has 2 aliphatic rings. The van der Waals surface area contributed by atoms with Gasteiger partial charge >= 0.3 is 0 Å². The van der Waals surface area contributed by atoms with E-state index in [4.69, 9.17) is 4.74 Å². The highest BCUT2D eigenvalue weighted by Gasteiger charge is 2.54. The summed E-state index contributed by atoms with van der Waals surface area (Å²) < 4.78 is 35.5. The Morgan fingerprint density at radius 2 is 1.79 bits per heavy atom. The van der Waals surface area contributed by atoms with Crippen LogP contribution in [0.4, 0.5) is 8.78 Å². The lowest BCUT2D eigenvalue weighted by atomic mass is 9.69. The van der Waals surface area contributed by atoms with Crippen molar-refractivity contribution in [1.29, 1.82) is 0 Å². The fourth-order valence-electron chi connectivity index (χ4n) is 6.03.